The normalized spacial score (nSPS) is 12.2. The molecule has 0 saturated carbocycles. The van der Waals surface area contributed by atoms with E-state index < -0.39 is 17.4 Å². The number of thiol groups is 1. The first-order valence-corrected chi connectivity index (χ1v) is 2.63. The van der Waals surface area contributed by atoms with Crippen LogP contribution in [0.3, 0.4) is 0 Å². The monoisotopic (exact) mass is 150 g/mol. The summed E-state index contributed by atoms with van der Waals surface area (Å²) in [6, 6.07) is 0. The van der Waals surface area contributed by atoms with Crippen LogP contribution in [0.4, 0.5) is 0 Å². The van der Waals surface area contributed by atoms with Crippen molar-refractivity contribution >= 4 is 24.6 Å². The number of aliphatic carboxylic acids is 1. The minimum Gasteiger partial charge on any atom is -0.478 e. The summed E-state index contributed by atoms with van der Waals surface area (Å²) in [7, 11) is 0. The second-order valence-corrected chi connectivity index (χ2v) is 1.77. The summed E-state index contributed by atoms with van der Waals surface area (Å²) < 4.78 is 4.14. The molecule has 0 aromatic heterocycles. The van der Waals surface area contributed by atoms with Gasteiger partial charge in [0.25, 0.3) is 0 Å². The Hall–Kier alpha value is -0.710. The molecule has 9 heavy (non-hydrogen) atoms. The van der Waals surface area contributed by atoms with Crippen LogP contribution in [-0.2, 0) is 14.3 Å². The van der Waals surface area contributed by atoms with Crippen molar-refractivity contribution in [1.29, 1.82) is 0 Å². The van der Waals surface area contributed by atoms with Crippen molar-refractivity contribution in [2.75, 3.05) is 0 Å². The van der Waals surface area contributed by atoms with Gasteiger partial charge in [-0.3, -0.25) is 4.79 Å². The first-order chi connectivity index (χ1) is 4.04. The first-order valence-electron chi connectivity index (χ1n) is 2.12. The van der Waals surface area contributed by atoms with E-state index in [1.54, 1.807) is 0 Å². The third kappa shape index (κ3) is 3.84. The Bertz CT molecular complexity index is 133. The maximum atomic E-state index is 10.0. The van der Waals surface area contributed by atoms with Gasteiger partial charge in [0.05, 0.1) is 0 Å². The highest BCUT2D eigenvalue weighted by molar-refractivity contribution is 7.81. The van der Waals surface area contributed by atoms with Crippen LogP contribution in [-0.4, -0.2) is 22.5 Å². The number of ether oxygens (including phenoxy) is 1. The largest absolute Gasteiger partial charge is 0.478 e. The highest BCUT2D eigenvalue weighted by Crippen LogP contribution is 1.96. The van der Waals surface area contributed by atoms with Crippen LogP contribution in [0.15, 0.2) is 0 Å². The molecule has 0 radical (unpaired) electrons. The minimum absolute atomic E-state index is 0.655. The van der Waals surface area contributed by atoms with E-state index >= 15 is 0 Å². The summed E-state index contributed by atoms with van der Waals surface area (Å²) >= 11 is 3.42. The lowest BCUT2D eigenvalue weighted by Gasteiger charge is -2.03. The predicted molar refractivity (Wildman–Crippen MR) is 32.2 cm³/mol. The smallest absolute Gasteiger partial charge is 0.355 e. The van der Waals surface area contributed by atoms with Crippen LogP contribution in [0.1, 0.15) is 6.92 Å². The highest BCUT2D eigenvalue weighted by Gasteiger charge is 2.13. The zero-order valence-electron chi connectivity index (χ0n) is 4.70. The van der Waals surface area contributed by atoms with E-state index in [1.807, 2.05) is 0 Å². The van der Waals surface area contributed by atoms with Crippen LogP contribution in [0, 0.1) is 0 Å². The highest BCUT2D eigenvalue weighted by atomic mass is 32.1. The third-order valence-electron chi connectivity index (χ3n) is 0.489. The first kappa shape index (κ1) is 8.29. The zero-order chi connectivity index (χ0) is 7.44. The van der Waals surface area contributed by atoms with E-state index in [2.05, 4.69) is 17.4 Å². The van der Waals surface area contributed by atoms with E-state index in [4.69, 9.17) is 5.11 Å². The van der Waals surface area contributed by atoms with Gasteiger partial charge in [-0.2, -0.15) is 0 Å². The second-order valence-electron chi connectivity index (χ2n) is 1.30. The molecular formula is C4H6O4S. The Morgan fingerprint density at radius 2 is 2.11 bits per heavy atom. The van der Waals surface area contributed by atoms with E-state index in [1.165, 1.54) is 0 Å². The van der Waals surface area contributed by atoms with Gasteiger partial charge in [-0.25, -0.2) is 4.79 Å². The number of rotatable bonds is 2. The Kier molecular flexibility index (Phi) is 3.08. The number of carbonyl (C=O) groups excluding carboxylic acids is 1. The van der Waals surface area contributed by atoms with Crippen molar-refractivity contribution in [1.82, 2.24) is 0 Å². The van der Waals surface area contributed by atoms with E-state index in [0.717, 1.165) is 6.92 Å². The van der Waals surface area contributed by atoms with Gasteiger partial charge in [0.15, 0.2) is 0 Å². The molecule has 0 amide bonds. The minimum atomic E-state index is -1.34. The van der Waals surface area contributed by atoms with Crippen molar-refractivity contribution < 1.29 is 19.4 Å². The Balaban J connectivity index is 3.63. The van der Waals surface area contributed by atoms with Crippen LogP contribution < -0.4 is 0 Å². The lowest BCUT2D eigenvalue weighted by molar-refractivity contribution is -0.156. The molecule has 0 aliphatic heterocycles. The molecule has 4 nitrogen and oxygen atoms in total. The quantitative estimate of drug-likeness (QED) is 0.327. The van der Waals surface area contributed by atoms with Gasteiger partial charge in [-0.15, -0.1) is 12.6 Å². The van der Waals surface area contributed by atoms with Crippen molar-refractivity contribution in [3.63, 3.8) is 0 Å². The molecular weight excluding hydrogens is 144 g/mol. The predicted octanol–water partition coefficient (Wildman–Crippen LogP) is -0.110. The van der Waals surface area contributed by atoms with Crippen molar-refractivity contribution in [2.24, 2.45) is 0 Å². The molecule has 5 heteroatoms. The third-order valence-corrected chi connectivity index (χ3v) is 0.815. The maximum Gasteiger partial charge on any atom is 0.355 e. The Morgan fingerprint density at radius 1 is 1.67 bits per heavy atom. The van der Waals surface area contributed by atoms with E-state index in [0.29, 0.717) is 0 Å². The molecule has 0 bridgehead atoms. The average Bonchev–Trinajstić information content (AvgIpc) is 1.63. The molecule has 0 heterocycles. The van der Waals surface area contributed by atoms with Gasteiger partial charge in [0, 0.05) is 6.92 Å². The van der Waals surface area contributed by atoms with Crippen molar-refractivity contribution in [3.8, 4) is 0 Å². The van der Waals surface area contributed by atoms with Crippen LogP contribution in [0.2, 0.25) is 0 Å². The Labute approximate surface area is 57.2 Å². The lowest BCUT2D eigenvalue weighted by Crippen LogP contribution is -2.19. The number of carboxylic acids is 1. The number of carboxylic acid groups (broad SMARTS) is 1. The molecule has 0 aromatic carbocycles. The molecule has 0 aliphatic carbocycles. The van der Waals surface area contributed by atoms with E-state index in [9.17, 15) is 9.59 Å². The molecule has 0 aromatic rings. The fourth-order valence-electron chi connectivity index (χ4n) is 0.208. The molecule has 1 N–H and O–H groups in total. The van der Waals surface area contributed by atoms with Gasteiger partial charge < -0.3 is 9.84 Å². The number of hydrogen-bond donors (Lipinski definition) is 2. The summed E-state index contributed by atoms with van der Waals surface area (Å²) in [5, 5.41) is 8.08. The summed E-state index contributed by atoms with van der Waals surface area (Å²) in [5.74, 6) is -1.93. The molecule has 0 saturated heterocycles. The standard InChI is InChI=1S/C4H6O4S/c1-2(5)8-4(9)3(6)7/h4,9H,1H3,(H,6,7). The molecule has 1 unspecified atom stereocenters. The van der Waals surface area contributed by atoms with E-state index in [-0.39, 0.29) is 0 Å². The second kappa shape index (κ2) is 3.34. The topological polar surface area (TPSA) is 63.6 Å². The molecule has 0 fully saturated rings. The SMILES string of the molecule is CC(=O)OC(S)C(=O)O. The van der Waals surface area contributed by atoms with Crippen molar-refractivity contribution in [3.05, 3.63) is 0 Å². The van der Waals surface area contributed by atoms with Crippen LogP contribution in [0.25, 0.3) is 0 Å². The zero-order valence-corrected chi connectivity index (χ0v) is 5.59. The Morgan fingerprint density at radius 3 is 2.22 bits per heavy atom. The molecule has 0 aliphatic rings. The number of esters is 1. The fourth-order valence-corrected chi connectivity index (χ4v) is 0.356. The molecule has 1 atom stereocenters. The molecule has 0 spiro atoms. The fraction of sp³-hybridized carbons (Fsp3) is 0.500. The van der Waals surface area contributed by atoms with Gasteiger partial charge >= 0.3 is 11.9 Å². The molecule has 0 rings (SSSR count). The molecule has 52 valence electrons. The van der Waals surface area contributed by atoms with Crippen LogP contribution >= 0.6 is 12.6 Å². The summed E-state index contributed by atoms with van der Waals surface area (Å²) in [4.78, 5) is 19.9. The number of hydrogen-bond acceptors (Lipinski definition) is 4. The lowest BCUT2D eigenvalue weighted by atomic mass is 10.7. The van der Waals surface area contributed by atoms with Crippen molar-refractivity contribution in [2.45, 2.75) is 12.4 Å². The average molecular weight is 150 g/mol. The van der Waals surface area contributed by atoms with Gasteiger partial charge in [0.2, 0.25) is 5.44 Å². The summed E-state index contributed by atoms with van der Waals surface area (Å²) in [6.07, 6.45) is 0. The van der Waals surface area contributed by atoms with Gasteiger partial charge in [-0.1, -0.05) is 0 Å². The number of carbonyl (C=O) groups is 2. The maximum absolute atomic E-state index is 10.0. The van der Waals surface area contributed by atoms with Gasteiger partial charge in [-0.05, 0) is 0 Å². The summed E-state index contributed by atoms with van der Waals surface area (Å²) in [5.41, 5.74) is -1.34. The summed E-state index contributed by atoms with van der Waals surface area (Å²) in [6.45, 7) is 1.12. The van der Waals surface area contributed by atoms with Crippen LogP contribution in [0.5, 0.6) is 0 Å². The van der Waals surface area contributed by atoms with Gasteiger partial charge in [0.1, 0.15) is 0 Å².